The first-order chi connectivity index (χ1) is 7.63. The maximum absolute atomic E-state index is 12.1. The molecule has 0 amide bonds. The summed E-state index contributed by atoms with van der Waals surface area (Å²) in [6.45, 7) is 3.58. The monoisotopic (exact) mass is 252 g/mol. The summed E-state index contributed by atoms with van der Waals surface area (Å²) >= 11 is 2.40. The van der Waals surface area contributed by atoms with Crippen molar-refractivity contribution in [2.45, 2.75) is 13.8 Å². The van der Waals surface area contributed by atoms with Gasteiger partial charge >= 0.3 is 0 Å². The first kappa shape index (κ1) is 11.1. The van der Waals surface area contributed by atoms with Crippen molar-refractivity contribution in [2.75, 3.05) is 0 Å². The zero-order valence-corrected chi connectivity index (χ0v) is 10.3. The van der Waals surface area contributed by atoms with Crippen LogP contribution in [0.4, 0.5) is 0 Å². The number of hydrogen-bond donors (Lipinski definition) is 0. The zero-order chi connectivity index (χ0) is 11.7. The lowest BCUT2D eigenvalue weighted by atomic mass is 10.1. The maximum Gasteiger partial charge on any atom is 0.207 e. The Balaban J connectivity index is 2.45. The van der Waals surface area contributed by atoms with Crippen LogP contribution >= 0.6 is 22.9 Å². The Kier molecular flexibility index (Phi) is 2.93. The number of carbonyl (C=O) groups excluding carboxylic acids is 2. The van der Waals surface area contributed by atoms with Gasteiger partial charge in [-0.1, -0.05) is 4.49 Å². The Morgan fingerprint density at radius 1 is 1.44 bits per heavy atom. The van der Waals surface area contributed by atoms with Crippen LogP contribution in [-0.2, 0) is 0 Å². The van der Waals surface area contributed by atoms with E-state index < -0.39 is 0 Å². The van der Waals surface area contributed by atoms with Gasteiger partial charge in [-0.05, 0) is 31.4 Å². The molecule has 0 N–H and O–H groups in total. The second-order valence-electron chi connectivity index (χ2n) is 3.25. The van der Waals surface area contributed by atoms with Gasteiger partial charge < -0.3 is 0 Å². The van der Waals surface area contributed by atoms with E-state index in [1.165, 1.54) is 11.3 Å². The van der Waals surface area contributed by atoms with E-state index in [0.717, 1.165) is 22.7 Å². The number of thiophene rings is 1. The molecule has 0 unspecified atom stereocenters. The van der Waals surface area contributed by atoms with Gasteiger partial charge in [-0.3, -0.25) is 9.59 Å². The van der Waals surface area contributed by atoms with Gasteiger partial charge in [-0.2, -0.15) is 0 Å². The third-order valence-electron chi connectivity index (χ3n) is 2.16. The van der Waals surface area contributed by atoms with E-state index in [1.54, 1.807) is 13.0 Å². The summed E-state index contributed by atoms with van der Waals surface area (Å²) in [6, 6.07) is 1.62. The van der Waals surface area contributed by atoms with Gasteiger partial charge in [-0.25, -0.2) is 0 Å². The molecule has 6 heteroatoms. The molecule has 82 valence electrons. The number of hydrogen-bond acceptors (Lipinski definition) is 6. The Labute approximate surface area is 100 Å². The van der Waals surface area contributed by atoms with Gasteiger partial charge in [0.15, 0.2) is 6.29 Å². The fraction of sp³-hybridized carbons (Fsp3) is 0.200. The van der Waals surface area contributed by atoms with Crippen molar-refractivity contribution >= 4 is 34.9 Å². The van der Waals surface area contributed by atoms with Gasteiger partial charge in [0, 0.05) is 10.4 Å². The first-order valence-electron chi connectivity index (χ1n) is 4.52. The van der Waals surface area contributed by atoms with Crippen LogP contribution in [0.25, 0.3) is 0 Å². The van der Waals surface area contributed by atoms with Crippen LogP contribution in [0.5, 0.6) is 0 Å². The summed E-state index contributed by atoms with van der Waals surface area (Å²) in [6.07, 6.45) is 0.756. The molecule has 2 aromatic rings. The lowest BCUT2D eigenvalue weighted by Crippen LogP contribution is -2.00. The minimum Gasteiger partial charge on any atom is -0.297 e. The highest BCUT2D eigenvalue weighted by Crippen LogP contribution is 2.24. The molecule has 0 aliphatic heterocycles. The van der Waals surface area contributed by atoms with Crippen molar-refractivity contribution in [3.8, 4) is 0 Å². The molecule has 0 bridgehead atoms. The predicted octanol–water partition coefficient (Wildman–Crippen LogP) is 2.26. The highest BCUT2D eigenvalue weighted by molar-refractivity contribution is 7.14. The number of aldehydes is 1. The molecular weight excluding hydrogens is 244 g/mol. The summed E-state index contributed by atoms with van der Waals surface area (Å²) < 4.78 is 3.73. The Morgan fingerprint density at radius 3 is 2.69 bits per heavy atom. The van der Waals surface area contributed by atoms with Crippen LogP contribution in [0.1, 0.15) is 35.5 Å². The highest BCUT2D eigenvalue weighted by Gasteiger charge is 2.19. The average Bonchev–Trinajstić information content (AvgIpc) is 2.83. The number of ketones is 1. The fourth-order valence-corrected chi connectivity index (χ4v) is 2.80. The first-order valence-corrected chi connectivity index (χ1v) is 6.11. The van der Waals surface area contributed by atoms with Crippen molar-refractivity contribution in [2.24, 2.45) is 0 Å². The van der Waals surface area contributed by atoms with E-state index in [0.29, 0.717) is 21.0 Å². The minimum absolute atomic E-state index is 0.102. The van der Waals surface area contributed by atoms with E-state index in [9.17, 15) is 9.59 Å². The number of nitrogens with zero attached hydrogens (tertiary/aromatic N) is 2. The van der Waals surface area contributed by atoms with Crippen molar-refractivity contribution in [3.63, 3.8) is 0 Å². The number of carbonyl (C=O) groups is 2. The molecule has 0 aliphatic carbocycles. The van der Waals surface area contributed by atoms with E-state index in [-0.39, 0.29) is 5.78 Å². The Hall–Kier alpha value is -1.40. The number of rotatable bonds is 3. The summed E-state index contributed by atoms with van der Waals surface area (Å²) in [4.78, 5) is 24.7. The summed E-state index contributed by atoms with van der Waals surface area (Å²) in [5.41, 5.74) is 1.20. The predicted molar refractivity (Wildman–Crippen MR) is 62.5 cm³/mol. The van der Waals surface area contributed by atoms with Crippen molar-refractivity contribution in [1.82, 2.24) is 9.59 Å². The van der Waals surface area contributed by atoms with Crippen LogP contribution in [0, 0.1) is 13.8 Å². The fourth-order valence-electron chi connectivity index (χ4n) is 1.35. The largest absolute Gasteiger partial charge is 0.297 e. The van der Waals surface area contributed by atoms with E-state index in [4.69, 9.17) is 0 Å². The Morgan fingerprint density at radius 2 is 2.19 bits per heavy atom. The molecule has 0 saturated heterocycles. The molecule has 0 atom stereocenters. The van der Waals surface area contributed by atoms with Crippen molar-refractivity contribution < 1.29 is 9.59 Å². The summed E-state index contributed by atoms with van der Waals surface area (Å²) in [7, 11) is 0. The minimum atomic E-state index is -0.102. The van der Waals surface area contributed by atoms with Crippen LogP contribution in [0.15, 0.2) is 6.07 Å². The molecule has 2 heterocycles. The topological polar surface area (TPSA) is 59.9 Å². The van der Waals surface area contributed by atoms with Crippen LogP contribution in [0.3, 0.4) is 0 Å². The zero-order valence-electron chi connectivity index (χ0n) is 8.68. The molecule has 0 spiro atoms. The van der Waals surface area contributed by atoms with Crippen LogP contribution in [-0.4, -0.2) is 21.7 Å². The molecule has 0 aliphatic rings. The van der Waals surface area contributed by atoms with Crippen LogP contribution in [0.2, 0.25) is 0 Å². The third kappa shape index (κ3) is 1.81. The summed E-state index contributed by atoms with van der Waals surface area (Å²) in [5.74, 6) is -0.102. The lowest BCUT2D eigenvalue weighted by molar-refractivity contribution is 0.104. The molecule has 0 radical (unpaired) electrons. The quantitative estimate of drug-likeness (QED) is 0.621. The number of aryl methyl sites for hydroxylation is 2. The van der Waals surface area contributed by atoms with Gasteiger partial charge in [0.25, 0.3) is 0 Å². The second-order valence-corrected chi connectivity index (χ2v) is 5.30. The SMILES string of the molecule is Cc1nnsc1C(=O)c1cc(C=O)sc1C. The second kappa shape index (κ2) is 4.23. The smallest absolute Gasteiger partial charge is 0.207 e. The van der Waals surface area contributed by atoms with Gasteiger partial charge in [0.05, 0.1) is 10.6 Å². The molecule has 2 rings (SSSR count). The maximum atomic E-state index is 12.1. The average molecular weight is 252 g/mol. The number of aromatic nitrogens is 2. The van der Waals surface area contributed by atoms with Gasteiger partial charge in [0.2, 0.25) is 5.78 Å². The lowest BCUT2D eigenvalue weighted by Gasteiger charge is -1.95. The molecule has 4 nitrogen and oxygen atoms in total. The van der Waals surface area contributed by atoms with E-state index in [2.05, 4.69) is 9.59 Å². The molecule has 0 saturated carbocycles. The van der Waals surface area contributed by atoms with E-state index >= 15 is 0 Å². The van der Waals surface area contributed by atoms with E-state index in [1.807, 2.05) is 6.92 Å². The molecule has 0 fully saturated rings. The third-order valence-corrected chi connectivity index (χ3v) is 3.96. The standard InChI is InChI=1S/C10H8N2O2S2/c1-5-10(16-12-11-5)9(14)8-3-7(4-13)15-6(8)2/h3-4H,1-2H3. The Bertz CT molecular complexity index is 557. The normalized spacial score (nSPS) is 10.4. The van der Waals surface area contributed by atoms with Gasteiger partial charge in [-0.15, -0.1) is 16.4 Å². The molecule has 2 aromatic heterocycles. The highest BCUT2D eigenvalue weighted by atomic mass is 32.1. The van der Waals surface area contributed by atoms with Crippen molar-refractivity contribution in [1.29, 1.82) is 0 Å². The molecular formula is C10H8N2O2S2. The van der Waals surface area contributed by atoms with Gasteiger partial charge in [0.1, 0.15) is 4.88 Å². The van der Waals surface area contributed by atoms with Crippen molar-refractivity contribution in [3.05, 3.63) is 32.0 Å². The summed E-state index contributed by atoms with van der Waals surface area (Å²) in [5, 5.41) is 3.80. The molecule has 16 heavy (non-hydrogen) atoms. The van der Waals surface area contributed by atoms with Crippen LogP contribution < -0.4 is 0 Å². The molecule has 0 aromatic carbocycles.